The van der Waals surface area contributed by atoms with Gasteiger partial charge in [0, 0.05) is 20.0 Å². The number of hydrogen-bond acceptors (Lipinski definition) is 5. The van der Waals surface area contributed by atoms with Gasteiger partial charge in [-0.15, -0.1) is 0 Å². The first-order valence-electron chi connectivity index (χ1n) is 9.32. The van der Waals surface area contributed by atoms with Crippen molar-refractivity contribution in [1.29, 1.82) is 0 Å². The van der Waals surface area contributed by atoms with Crippen molar-refractivity contribution in [3.05, 3.63) is 59.7 Å². The van der Waals surface area contributed by atoms with Crippen molar-refractivity contribution < 1.29 is 19.1 Å². The molecule has 0 aliphatic carbocycles. The number of aryl methyl sites for hydroxylation is 1. The number of hydrogen-bond donors (Lipinski definition) is 0. The van der Waals surface area contributed by atoms with E-state index in [0.717, 1.165) is 11.1 Å². The fraction of sp³-hybridized carbons (Fsp3) is 0.364. The molecule has 0 N–H and O–H groups in total. The lowest BCUT2D eigenvalue weighted by atomic mass is 10.0. The molecule has 28 heavy (non-hydrogen) atoms. The molecule has 2 aromatic carbocycles. The van der Waals surface area contributed by atoms with E-state index in [1.807, 2.05) is 74.4 Å². The second-order valence-corrected chi connectivity index (χ2v) is 7.24. The molecule has 1 heterocycles. The van der Waals surface area contributed by atoms with Gasteiger partial charge in [-0.05, 0) is 38.7 Å². The molecule has 6 heteroatoms. The van der Waals surface area contributed by atoms with Gasteiger partial charge in [-0.2, -0.15) is 0 Å². The average Bonchev–Trinajstić information content (AvgIpc) is 2.76. The summed E-state index contributed by atoms with van der Waals surface area (Å²) < 4.78 is 11.7. The minimum Gasteiger partial charge on any atom is -0.479 e. The normalized spacial score (nSPS) is 19.0. The molecule has 0 saturated heterocycles. The van der Waals surface area contributed by atoms with Crippen molar-refractivity contribution in [2.45, 2.75) is 26.1 Å². The predicted molar refractivity (Wildman–Crippen MR) is 107 cm³/mol. The average molecular weight is 382 g/mol. The van der Waals surface area contributed by atoms with Crippen LogP contribution in [0.3, 0.4) is 0 Å². The van der Waals surface area contributed by atoms with Gasteiger partial charge >= 0.3 is 5.97 Å². The van der Waals surface area contributed by atoms with Crippen LogP contribution in [-0.2, 0) is 14.3 Å². The van der Waals surface area contributed by atoms with Crippen molar-refractivity contribution in [1.82, 2.24) is 4.90 Å². The molecule has 0 fully saturated rings. The summed E-state index contributed by atoms with van der Waals surface area (Å²) in [6.07, 6.45) is -1.78. The summed E-state index contributed by atoms with van der Waals surface area (Å²) in [5.74, 6) is -0.208. The third-order valence-corrected chi connectivity index (χ3v) is 4.66. The van der Waals surface area contributed by atoms with E-state index in [1.165, 1.54) is 6.92 Å². The molecule has 3 rings (SSSR count). The zero-order valence-electron chi connectivity index (χ0n) is 16.7. The molecule has 148 valence electrons. The molecule has 1 aliphatic rings. The van der Waals surface area contributed by atoms with Crippen LogP contribution >= 0.6 is 0 Å². The van der Waals surface area contributed by atoms with E-state index in [4.69, 9.17) is 9.47 Å². The second-order valence-electron chi connectivity index (χ2n) is 7.24. The van der Waals surface area contributed by atoms with Crippen LogP contribution in [0.1, 0.15) is 24.2 Å². The highest BCUT2D eigenvalue weighted by Crippen LogP contribution is 2.38. The van der Waals surface area contributed by atoms with Gasteiger partial charge in [0.25, 0.3) is 5.91 Å². The molecular formula is C22H26N2O4. The minimum atomic E-state index is -1.06. The Bertz CT molecular complexity index is 848. The Morgan fingerprint density at radius 3 is 2.46 bits per heavy atom. The highest BCUT2D eigenvalue weighted by atomic mass is 16.6. The van der Waals surface area contributed by atoms with E-state index in [9.17, 15) is 9.59 Å². The van der Waals surface area contributed by atoms with Gasteiger partial charge in [0.2, 0.25) is 6.10 Å². The number of benzene rings is 2. The Labute approximate surface area is 165 Å². The maximum Gasteiger partial charge on any atom is 0.303 e. The van der Waals surface area contributed by atoms with E-state index >= 15 is 0 Å². The summed E-state index contributed by atoms with van der Waals surface area (Å²) in [4.78, 5) is 28.9. The van der Waals surface area contributed by atoms with Crippen LogP contribution in [0.25, 0.3) is 0 Å². The van der Waals surface area contributed by atoms with Gasteiger partial charge < -0.3 is 19.3 Å². The molecular weight excluding hydrogens is 356 g/mol. The Balaban J connectivity index is 2.07. The van der Waals surface area contributed by atoms with Gasteiger partial charge in [-0.3, -0.25) is 9.59 Å². The quantitative estimate of drug-likeness (QED) is 0.744. The second kappa shape index (κ2) is 8.44. The molecule has 0 spiro atoms. The highest BCUT2D eigenvalue weighted by molar-refractivity contribution is 6.00. The molecule has 2 unspecified atom stereocenters. The van der Waals surface area contributed by atoms with Gasteiger partial charge in [0.05, 0.1) is 5.69 Å². The van der Waals surface area contributed by atoms with E-state index < -0.39 is 18.2 Å². The lowest BCUT2D eigenvalue weighted by Crippen LogP contribution is -2.45. The summed E-state index contributed by atoms with van der Waals surface area (Å²) in [7, 11) is 3.90. The summed E-state index contributed by atoms with van der Waals surface area (Å²) in [5, 5.41) is 0. The maximum atomic E-state index is 13.5. The Kier molecular flexibility index (Phi) is 5.99. The fourth-order valence-corrected chi connectivity index (χ4v) is 3.20. The number of para-hydroxylation sites is 2. The van der Waals surface area contributed by atoms with E-state index in [0.29, 0.717) is 24.5 Å². The van der Waals surface area contributed by atoms with Crippen LogP contribution in [0.15, 0.2) is 48.5 Å². The molecule has 0 aromatic heterocycles. The molecule has 2 atom stereocenters. The Morgan fingerprint density at radius 2 is 1.82 bits per heavy atom. The Morgan fingerprint density at radius 1 is 1.14 bits per heavy atom. The van der Waals surface area contributed by atoms with E-state index in [2.05, 4.69) is 0 Å². The molecule has 0 saturated carbocycles. The topological polar surface area (TPSA) is 59.1 Å². The molecule has 0 radical (unpaired) electrons. The molecule has 1 amide bonds. The number of carbonyl (C=O) groups excluding carboxylic acids is 2. The number of ether oxygens (including phenoxy) is 2. The van der Waals surface area contributed by atoms with Gasteiger partial charge in [-0.25, -0.2) is 0 Å². The number of anilines is 1. The lowest BCUT2D eigenvalue weighted by Gasteiger charge is -2.27. The van der Waals surface area contributed by atoms with Crippen LogP contribution in [0.4, 0.5) is 5.69 Å². The van der Waals surface area contributed by atoms with Crippen LogP contribution in [0, 0.1) is 6.92 Å². The number of nitrogens with zero attached hydrogens (tertiary/aromatic N) is 2. The first-order valence-corrected chi connectivity index (χ1v) is 9.32. The van der Waals surface area contributed by atoms with E-state index in [-0.39, 0.29) is 5.91 Å². The number of carbonyl (C=O) groups is 2. The summed E-state index contributed by atoms with van der Waals surface area (Å²) in [5.41, 5.74) is 2.57. The third-order valence-electron chi connectivity index (χ3n) is 4.66. The maximum absolute atomic E-state index is 13.5. The minimum absolute atomic E-state index is 0.285. The first kappa shape index (κ1) is 19.9. The standard InChI is InChI=1S/C22H26N2O4/c1-15-9-11-17(12-10-15)20-21(27-16(2)25)22(26)24(14-13-23(3)4)18-7-5-6-8-19(18)28-20/h5-12,20-21H,13-14H2,1-4H3. The van der Waals surface area contributed by atoms with Crippen LogP contribution in [0.5, 0.6) is 5.75 Å². The number of fused-ring (bicyclic) bond motifs is 1. The highest BCUT2D eigenvalue weighted by Gasteiger charge is 2.41. The summed E-state index contributed by atoms with van der Waals surface area (Å²) >= 11 is 0. The Hall–Kier alpha value is -2.86. The van der Waals surface area contributed by atoms with Crippen molar-refractivity contribution in [2.24, 2.45) is 0 Å². The SMILES string of the molecule is CC(=O)OC1C(=O)N(CCN(C)C)c2ccccc2OC1c1ccc(C)cc1. The largest absolute Gasteiger partial charge is 0.479 e. The smallest absolute Gasteiger partial charge is 0.303 e. The molecule has 6 nitrogen and oxygen atoms in total. The van der Waals surface area contributed by atoms with Crippen molar-refractivity contribution in [3.8, 4) is 5.75 Å². The molecule has 0 bridgehead atoms. The van der Waals surface area contributed by atoms with Crippen LogP contribution < -0.4 is 9.64 Å². The number of rotatable bonds is 5. The number of amides is 1. The van der Waals surface area contributed by atoms with Gasteiger partial charge in [-0.1, -0.05) is 42.0 Å². The third kappa shape index (κ3) is 4.34. The first-order chi connectivity index (χ1) is 13.4. The monoisotopic (exact) mass is 382 g/mol. The fourth-order valence-electron chi connectivity index (χ4n) is 3.20. The number of likely N-dealkylation sites (N-methyl/N-ethyl adjacent to an activating group) is 1. The van der Waals surface area contributed by atoms with Crippen molar-refractivity contribution in [2.75, 3.05) is 32.1 Å². The zero-order valence-corrected chi connectivity index (χ0v) is 16.7. The predicted octanol–water partition coefficient (Wildman–Crippen LogP) is 2.96. The van der Waals surface area contributed by atoms with Gasteiger partial charge in [0.15, 0.2) is 6.10 Å². The van der Waals surface area contributed by atoms with Crippen molar-refractivity contribution >= 4 is 17.6 Å². The summed E-state index contributed by atoms with van der Waals surface area (Å²) in [6.45, 7) is 4.43. The molecule has 2 aromatic rings. The van der Waals surface area contributed by atoms with Gasteiger partial charge in [0.1, 0.15) is 5.75 Å². The van der Waals surface area contributed by atoms with E-state index in [1.54, 1.807) is 4.90 Å². The van der Waals surface area contributed by atoms with Crippen molar-refractivity contribution in [3.63, 3.8) is 0 Å². The van der Waals surface area contributed by atoms with Crippen LogP contribution in [-0.4, -0.2) is 50.1 Å². The molecule has 1 aliphatic heterocycles. The van der Waals surface area contributed by atoms with Crippen LogP contribution in [0.2, 0.25) is 0 Å². The summed E-state index contributed by atoms with van der Waals surface area (Å²) in [6, 6.07) is 15.1. The lowest BCUT2D eigenvalue weighted by molar-refractivity contribution is -0.158. The number of esters is 1. The zero-order chi connectivity index (χ0) is 20.3.